The highest BCUT2D eigenvalue weighted by atomic mass is 15.1. The number of aromatic nitrogens is 3. The van der Waals surface area contributed by atoms with Crippen molar-refractivity contribution in [3.8, 4) is 0 Å². The summed E-state index contributed by atoms with van der Waals surface area (Å²) in [5, 5.41) is 4.85. The van der Waals surface area contributed by atoms with Crippen LogP contribution in [0.1, 0.15) is 12.5 Å². The Morgan fingerprint density at radius 3 is 3.16 bits per heavy atom. The van der Waals surface area contributed by atoms with Crippen LogP contribution in [0, 0.1) is 0 Å². The lowest BCUT2D eigenvalue weighted by Gasteiger charge is -2.14. The van der Waals surface area contributed by atoms with Gasteiger partial charge in [-0.25, -0.2) is 4.98 Å². The predicted octanol–water partition coefficient (Wildman–Crippen LogP) is 2.54. The predicted molar refractivity (Wildman–Crippen MR) is 76.8 cm³/mol. The van der Waals surface area contributed by atoms with Crippen molar-refractivity contribution in [2.75, 3.05) is 0 Å². The maximum absolute atomic E-state index is 4.06. The second-order valence-corrected chi connectivity index (χ2v) is 4.90. The van der Waals surface area contributed by atoms with Crippen molar-refractivity contribution in [1.82, 2.24) is 19.9 Å². The van der Waals surface area contributed by atoms with E-state index in [1.807, 2.05) is 24.9 Å². The highest BCUT2D eigenvalue weighted by Gasteiger charge is 2.05. The van der Waals surface area contributed by atoms with Crippen LogP contribution in [0.25, 0.3) is 10.9 Å². The second-order valence-electron chi connectivity index (χ2n) is 4.90. The largest absolute Gasteiger partial charge is 0.361 e. The van der Waals surface area contributed by atoms with Gasteiger partial charge in [0.1, 0.15) is 0 Å². The van der Waals surface area contributed by atoms with E-state index in [0.29, 0.717) is 6.04 Å². The summed E-state index contributed by atoms with van der Waals surface area (Å²) >= 11 is 0. The first-order chi connectivity index (χ1) is 9.33. The molecule has 0 spiro atoms. The molecule has 0 radical (unpaired) electrons. The van der Waals surface area contributed by atoms with Gasteiger partial charge in [-0.3, -0.25) is 0 Å². The Balaban J connectivity index is 1.64. The van der Waals surface area contributed by atoms with Gasteiger partial charge in [-0.05, 0) is 24.6 Å². The molecule has 1 aromatic carbocycles. The molecule has 0 saturated heterocycles. The lowest BCUT2D eigenvalue weighted by molar-refractivity contribution is 0.477. The van der Waals surface area contributed by atoms with Gasteiger partial charge in [0.05, 0.1) is 6.33 Å². The summed E-state index contributed by atoms with van der Waals surface area (Å²) in [6.07, 6.45) is 7.65. The van der Waals surface area contributed by atoms with Gasteiger partial charge < -0.3 is 14.9 Å². The number of nitrogens with zero attached hydrogens (tertiary/aromatic N) is 2. The SMILES string of the molecule is CC(Cn1ccnc1)NCc1cccc2[nH]ccc12. The minimum atomic E-state index is 0.406. The van der Waals surface area contributed by atoms with Crippen LogP contribution >= 0.6 is 0 Å². The number of imidazole rings is 1. The van der Waals surface area contributed by atoms with Crippen LogP contribution in [0.3, 0.4) is 0 Å². The third-order valence-corrected chi connectivity index (χ3v) is 3.37. The summed E-state index contributed by atoms with van der Waals surface area (Å²) in [7, 11) is 0. The highest BCUT2D eigenvalue weighted by Crippen LogP contribution is 2.17. The van der Waals surface area contributed by atoms with Gasteiger partial charge in [-0.15, -0.1) is 0 Å². The Labute approximate surface area is 112 Å². The van der Waals surface area contributed by atoms with Crippen LogP contribution in [0.4, 0.5) is 0 Å². The van der Waals surface area contributed by atoms with E-state index in [9.17, 15) is 0 Å². The normalized spacial score (nSPS) is 12.9. The first-order valence-corrected chi connectivity index (χ1v) is 6.57. The summed E-state index contributed by atoms with van der Waals surface area (Å²) in [5.74, 6) is 0. The molecule has 1 unspecified atom stereocenters. The Morgan fingerprint density at radius 2 is 2.32 bits per heavy atom. The molecule has 3 rings (SSSR count). The lowest BCUT2D eigenvalue weighted by atomic mass is 10.1. The first kappa shape index (κ1) is 12.0. The van der Waals surface area contributed by atoms with Gasteiger partial charge in [0.25, 0.3) is 0 Å². The smallest absolute Gasteiger partial charge is 0.0946 e. The van der Waals surface area contributed by atoms with Gasteiger partial charge in [0.15, 0.2) is 0 Å². The zero-order valence-corrected chi connectivity index (χ0v) is 11.0. The average molecular weight is 254 g/mol. The molecule has 0 fully saturated rings. The Bertz CT molecular complexity index is 639. The molecule has 0 aliphatic heterocycles. The van der Waals surface area contributed by atoms with E-state index in [1.54, 1.807) is 0 Å². The van der Waals surface area contributed by atoms with Gasteiger partial charge in [0, 0.05) is 48.6 Å². The zero-order valence-electron chi connectivity index (χ0n) is 11.0. The number of nitrogens with one attached hydrogen (secondary N) is 2. The van der Waals surface area contributed by atoms with E-state index in [4.69, 9.17) is 0 Å². The van der Waals surface area contributed by atoms with Crippen LogP contribution in [0.2, 0.25) is 0 Å². The summed E-state index contributed by atoms with van der Waals surface area (Å²) in [5.41, 5.74) is 2.53. The molecule has 2 heterocycles. The Kier molecular flexibility index (Phi) is 3.33. The van der Waals surface area contributed by atoms with Crippen molar-refractivity contribution in [3.63, 3.8) is 0 Å². The molecule has 0 bridgehead atoms. The number of fused-ring (bicyclic) bond motifs is 1. The number of H-pyrrole nitrogens is 1. The van der Waals surface area contributed by atoms with Gasteiger partial charge in [-0.1, -0.05) is 12.1 Å². The summed E-state index contributed by atoms with van der Waals surface area (Å²) < 4.78 is 2.09. The number of benzene rings is 1. The van der Waals surface area contributed by atoms with Crippen LogP contribution < -0.4 is 5.32 Å². The molecule has 98 valence electrons. The summed E-state index contributed by atoms with van der Waals surface area (Å²) in [6.45, 7) is 4.01. The molecule has 0 aliphatic rings. The zero-order chi connectivity index (χ0) is 13.1. The van der Waals surface area contributed by atoms with Gasteiger partial charge in [-0.2, -0.15) is 0 Å². The molecule has 1 atom stereocenters. The van der Waals surface area contributed by atoms with E-state index in [2.05, 4.69) is 51.0 Å². The molecule has 3 aromatic rings. The van der Waals surface area contributed by atoms with Crippen molar-refractivity contribution in [1.29, 1.82) is 0 Å². The summed E-state index contributed by atoms with van der Waals surface area (Å²) in [4.78, 5) is 7.30. The molecule has 0 saturated carbocycles. The van der Waals surface area contributed by atoms with Crippen molar-refractivity contribution in [3.05, 3.63) is 54.7 Å². The standard InChI is InChI=1S/C15H18N4/c1-12(10-19-8-7-16-11-19)18-9-13-3-2-4-15-14(13)5-6-17-15/h2-8,11-12,17-18H,9-10H2,1H3. The number of hydrogen-bond acceptors (Lipinski definition) is 2. The first-order valence-electron chi connectivity index (χ1n) is 6.57. The van der Waals surface area contributed by atoms with Gasteiger partial charge in [0.2, 0.25) is 0 Å². The third kappa shape index (κ3) is 2.69. The van der Waals surface area contributed by atoms with Crippen molar-refractivity contribution < 1.29 is 0 Å². The van der Waals surface area contributed by atoms with Gasteiger partial charge >= 0.3 is 0 Å². The fraction of sp³-hybridized carbons (Fsp3) is 0.267. The quantitative estimate of drug-likeness (QED) is 0.735. The maximum atomic E-state index is 4.06. The molecule has 2 N–H and O–H groups in total. The van der Waals surface area contributed by atoms with Crippen molar-refractivity contribution in [2.24, 2.45) is 0 Å². The highest BCUT2D eigenvalue weighted by molar-refractivity contribution is 5.82. The molecule has 19 heavy (non-hydrogen) atoms. The molecular weight excluding hydrogens is 236 g/mol. The van der Waals surface area contributed by atoms with E-state index >= 15 is 0 Å². The van der Waals surface area contributed by atoms with E-state index in [1.165, 1.54) is 16.5 Å². The monoisotopic (exact) mass is 254 g/mol. The van der Waals surface area contributed by atoms with E-state index < -0.39 is 0 Å². The molecular formula is C15H18N4. The van der Waals surface area contributed by atoms with Crippen LogP contribution in [0.15, 0.2) is 49.2 Å². The Morgan fingerprint density at radius 1 is 1.37 bits per heavy atom. The van der Waals surface area contributed by atoms with Crippen LogP contribution in [-0.2, 0) is 13.1 Å². The van der Waals surface area contributed by atoms with E-state index in [0.717, 1.165) is 13.1 Å². The van der Waals surface area contributed by atoms with E-state index in [-0.39, 0.29) is 0 Å². The number of aromatic amines is 1. The Hall–Kier alpha value is -2.07. The lowest BCUT2D eigenvalue weighted by Crippen LogP contribution is -2.29. The molecule has 0 aliphatic carbocycles. The average Bonchev–Trinajstić information content (AvgIpc) is 3.06. The van der Waals surface area contributed by atoms with Crippen molar-refractivity contribution >= 4 is 10.9 Å². The second kappa shape index (κ2) is 5.28. The topological polar surface area (TPSA) is 45.6 Å². The van der Waals surface area contributed by atoms with Crippen molar-refractivity contribution in [2.45, 2.75) is 26.1 Å². The third-order valence-electron chi connectivity index (χ3n) is 3.37. The fourth-order valence-electron chi connectivity index (χ4n) is 2.36. The summed E-state index contributed by atoms with van der Waals surface area (Å²) in [6, 6.07) is 8.91. The number of hydrogen-bond donors (Lipinski definition) is 2. The van der Waals surface area contributed by atoms with Crippen LogP contribution in [0.5, 0.6) is 0 Å². The fourth-order valence-corrected chi connectivity index (χ4v) is 2.36. The molecule has 0 amide bonds. The molecule has 2 aromatic heterocycles. The minimum absolute atomic E-state index is 0.406. The number of rotatable bonds is 5. The molecule has 4 heteroatoms. The van der Waals surface area contributed by atoms with Crippen LogP contribution in [-0.4, -0.2) is 20.6 Å². The maximum Gasteiger partial charge on any atom is 0.0946 e. The molecule has 4 nitrogen and oxygen atoms in total. The minimum Gasteiger partial charge on any atom is -0.361 e.